The first-order valence-electron chi connectivity index (χ1n) is 11.2. The van der Waals surface area contributed by atoms with Crippen LogP contribution in [0.15, 0.2) is 67.1 Å². The summed E-state index contributed by atoms with van der Waals surface area (Å²) in [6.07, 6.45) is 11.5. The molecule has 1 fully saturated rings. The van der Waals surface area contributed by atoms with Crippen LogP contribution in [0.5, 0.6) is 5.75 Å². The highest BCUT2D eigenvalue weighted by Crippen LogP contribution is 2.33. The number of phenolic OH excluding ortho intramolecular Hbond substituents is 1. The molecule has 5 rings (SSSR count). The molecule has 2 N–H and O–H groups in total. The van der Waals surface area contributed by atoms with Crippen molar-refractivity contribution in [3.05, 3.63) is 83.8 Å². The number of nitrogens with zero attached hydrogens (tertiary/aromatic N) is 3. The predicted molar refractivity (Wildman–Crippen MR) is 124 cm³/mol. The molecule has 1 aliphatic carbocycles. The number of aromatic hydroxyl groups is 1. The molecule has 32 heavy (non-hydrogen) atoms. The summed E-state index contributed by atoms with van der Waals surface area (Å²) in [5, 5.41) is 19.9. The highest BCUT2D eigenvalue weighted by atomic mass is 16.3. The van der Waals surface area contributed by atoms with Gasteiger partial charge in [-0.2, -0.15) is 5.10 Å². The molecule has 1 saturated carbocycles. The van der Waals surface area contributed by atoms with Gasteiger partial charge in [-0.25, -0.2) is 9.67 Å². The summed E-state index contributed by atoms with van der Waals surface area (Å²) in [4.78, 5) is 17.6. The standard InChI is InChI=1S/C26H26N4O2/c31-25-22-10-5-4-9-21(22)19(16-23(25)26(32)29-20-7-2-1-3-8-20)15-18-11-12-24(27-17-18)30-14-6-13-28-30/h4-6,9-14,16-17,20,31H,1-3,7-8,15H2,(H,29,32). The van der Waals surface area contributed by atoms with Crippen molar-refractivity contribution in [1.82, 2.24) is 20.1 Å². The molecule has 2 aromatic heterocycles. The third-order valence-corrected chi connectivity index (χ3v) is 6.23. The first kappa shape index (κ1) is 20.2. The zero-order valence-electron chi connectivity index (χ0n) is 17.9. The van der Waals surface area contributed by atoms with Gasteiger partial charge in [0.15, 0.2) is 5.82 Å². The van der Waals surface area contributed by atoms with Crippen LogP contribution in [0.1, 0.15) is 53.6 Å². The third kappa shape index (κ3) is 4.08. The van der Waals surface area contributed by atoms with E-state index in [1.165, 1.54) is 6.42 Å². The van der Waals surface area contributed by atoms with Crippen LogP contribution >= 0.6 is 0 Å². The lowest BCUT2D eigenvalue weighted by Crippen LogP contribution is -2.36. The molecule has 6 heteroatoms. The highest BCUT2D eigenvalue weighted by Gasteiger charge is 2.21. The van der Waals surface area contributed by atoms with Crippen LogP contribution in [-0.2, 0) is 6.42 Å². The average Bonchev–Trinajstić information content (AvgIpc) is 3.37. The molecular weight excluding hydrogens is 400 g/mol. The number of carbonyl (C=O) groups is 1. The SMILES string of the molecule is O=C(NC1CCCCC1)c1cc(Cc2ccc(-n3cccn3)nc2)c2ccccc2c1O. The van der Waals surface area contributed by atoms with E-state index in [0.29, 0.717) is 17.4 Å². The lowest BCUT2D eigenvalue weighted by molar-refractivity contribution is 0.0925. The second-order valence-corrected chi connectivity index (χ2v) is 8.44. The Morgan fingerprint density at radius 3 is 2.59 bits per heavy atom. The number of hydrogen-bond donors (Lipinski definition) is 2. The molecule has 162 valence electrons. The van der Waals surface area contributed by atoms with Gasteiger partial charge in [0.05, 0.1) is 5.56 Å². The van der Waals surface area contributed by atoms with Gasteiger partial charge in [0.1, 0.15) is 5.75 Å². The van der Waals surface area contributed by atoms with E-state index in [1.807, 2.05) is 60.9 Å². The number of nitrogens with one attached hydrogen (secondary N) is 1. The highest BCUT2D eigenvalue weighted by molar-refractivity contribution is 6.05. The van der Waals surface area contributed by atoms with Gasteiger partial charge in [0, 0.05) is 30.0 Å². The quantitative estimate of drug-likeness (QED) is 0.481. The topological polar surface area (TPSA) is 80.0 Å². The lowest BCUT2D eigenvalue weighted by atomic mass is 9.93. The van der Waals surface area contributed by atoms with Gasteiger partial charge in [0.2, 0.25) is 0 Å². The summed E-state index contributed by atoms with van der Waals surface area (Å²) in [7, 11) is 0. The Labute approximate surface area is 186 Å². The zero-order valence-corrected chi connectivity index (χ0v) is 17.9. The maximum absolute atomic E-state index is 13.1. The van der Waals surface area contributed by atoms with E-state index in [4.69, 9.17) is 0 Å². The molecule has 0 saturated heterocycles. The van der Waals surface area contributed by atoms with Crippen molar-refractivity contribution < 1.29 is 9.90 Å². The van der Waals surface area contributed by atoms with Crippen molar-refractivity contribution in [3.63, 3.8) is 0 Å². The van der Waals surface area contributed by atoms with Gasteiger partial charge >= 0.3 is 0 Å². The minimum absolute atomic E-state index is 0.0461. The lowest BCUT2D eigenvalue weighted by Gasteiger charge is -2.23. The molecule has 0 aliphatic heterocycles. The minimum atomic E-state index is -0.200. The number of carbonyl (C=O) groups excluding carboxylic acids is 1. The normalized spacial score (nSPS) is 14.5. The number of hydrogen-bond acceptors (Lipinski definition) is 4. The Morgan fingerprint density at radius 1 is 1.06 bits per heavy atom. The summed E-state index contributed by atoms with van der Waals surface area (Å²) in [5.41, 5.74) is 2.35. The van der Waals surface area contributed by atoms with Crippen molar-refractivity contribution in [2.24, 2.45) is 0 Å². The van der Waals surface area contributed by atoms with Gasteiger partial charge in [0.25, 0.3) is 5.91 Å². The number of rotatable bonds is 5. The summed E-state index contributed by atoms with van der Waals surface area (Å²) < 4.78 is 1.72. The van der Waals surface area contributed by atoms with Crippen molar-refractivity contribution in [3.8, 4) is 11.6 Å². The average molecular weight is 427 g/mol. The van der Waals surface area contributed by atoms with Crippen LogP contribution < -0.4 is 5.32 Å². The van der Waals surface area contributed by atoms with Crippen molar-refractivity contribution in [2.75, 3.05) is 0 Å². The van der Waals surface area contributed by atoms with E-state index in [0.717, 1.165) is 48.0 Å². The number of amides is 1. The minimum Gasteiger partial charge on any atom is -0.506 e. The second kappa shape index (κ2) is 8.83. The molecule has 4 aromatic rings. The largest absolute Gasteiger partial charge is 0.506 e. The summed E-state index contributed by atoms with van der Waals surface area (Å²) in [6, 6.07) is 15.5. The Hall–Kier alpha value is -3.67. The monoisotopic (exact) mass is 426 g/mol. The van der Waals surface area contributed by atoms with Crippen molar-refractivity contribution >= 4 is 16.7 Å². The molecule has 2 aromatic carbocycles. The molecule has 0 bridgehead atoms. The molecular formula is C26H26N4O2. The molecule has 2 heterocycles. The summed E-state index contributed by atoms with van der Waals surface area (Å²) >= 11 is 0. The molecule has 0 atom stereocenters. The smallest absolute Gasteiger partial charge is 0.255 e. The zero-order chi connectivity index (χ0) is 21.9. The maximum Gasteiger partial charge on any atom is 0.255 e. The van der Waals surface area contributed by atoms with Crippen LogP contribution in [0.3, 0.4) is 0 Å². The molecule has 0 unspecified atom stereocenters. The van der Waals surface area contributed by atoms with Crippen LogP contribution in [0.4, 0.5) is 0 Å². The first-order valence-corrected chi connectivity index (χ1v) is 11.2. The molecule has 6 nitrogen and oxygen atoms in total. The molecule has 1 amide bonds. The Bertz CT molecular complexity index is 1230. The van der Waals surface area contributed by atoms with Crippen molar-refractivity contribution in [1.29, 1.82) is 0 Å². The first-order chi connectivity index (χ1) is 15.7. The van der Waals surface area contributed by atoms with Crippen LogP contribution in [0, 0.1) is 0 Å². The number of fused-ring (bicyclic) bond motifs is 1. The van der Waals surface area contributed by atoms with Gasteiger partial charge in [-0.3, -0.25) is 4.79 Å². The van der Waals surface area contributed by atoms with E-state index in [2.05, 4.69) is 15.4 Å². The Morgan fingerprint density at radius 2 is 1.88 bits per heavy atom. The summed E-state index contributed by atoms with van der Waals surface area (Å²) in [6.45, 7) is 0. The predicted octanol–water partition coefficient (Wildman–Crippen LogP) is 4.78. The molecule has 0 spiro atoms. The van der Waals surface area contributed by atoms with E-state index in [9.17, 15) is 9.90 Å². The van der Waals surface area contributed by atoms with E-state index >= 15 is 0 Å². The van der Waals surface area contributed by atoms with Crippen LogP contribution in [0.2, 0.25) is 0 Å². The third-order valence-electron chi connectivity index (χ3n) is 6.23. The Kier molecular flexibility index (Phi) is 5.58. The molecule has 1 aliphatic rings. The van der Waals surface area contributed by atoms with E-state index in [-0.39, 0.29) is 17.7 Å². The van der Waals surface area contributed by atoms with Gasteiger partial charge in [-0.1, -0.05) is 49.6 Å². The number of aromatic nitrogens is 3. The fourth-order valence-electron chi connectivity index (χ4n) is 4.55. The van der Waals surface area contributed by atoms with Crippen LogP contribution in [0.25, 0.3) is 16.6 Å². The number of pyridine rings is 1. The van der Waals surface area contributed by atoms with E-state index in [1.54, 1.807) is 10.9 Å². The van der Waals surface area contributed by atoms with Gasteiger partial charge in [-0.05, 0) is 54.0 Å². The number of benzene rings is 2. The van der Waals surface area contributed by atoms with Gasteiger partial charge < -0.3 is 10.4 Å². The number of phenols is 1. The fourth-order valence-corrected chi connectivity index (χ4v) is 4.55. The van der Waals surface area contributed by atoms with Gasteiger partial charge in [-0.15, -0.1) is 0 Å². The maximum atomic E-state index is 13.1. The van der Waals surface area contributed by atoms with Crippen LogP contribution in [-0.4, -0.2) is 31.8 Å². The molecule has 0 radical (unpaired) electrons. The summed E-state index contributed by atoms with van der Waals surface area (Å²) in [5.74, 6) is 0.597. The second-order valence-electron chi connectivity index (χ2n) is 8.44. The van der Waals surface area contributed by atoms with Crippen molar-refractivity contribution in [2.45, 2.75) is 44.6 Å². The fraction of sp³-hybridized carbons (Fsp3) is 0.269. The Balaban J connectivity index is 1.46. The van der Waals surface area contributed by atoms with E-state index < -0.39 is 0 Å².